The highest BCUT2D eigenvalue weighted by Gasteiger charge is 2.18. The molecule has 3 heteroatoms. The Bertz CT molecular complexity index is 349. The predicted octanol–water partition coefficient (Wildman–Crippen LogP) is 1.69. The van der Waals surface area contributed by atoms with E-state index in [4.69, 9.17) is 5.73 Å². The molecule has 1 heterocycles. The van der Waals surface area contributed by atoms with Crippen LogP contribution in [0.3, 0.4) is 0 Å². The number of rotatable bonds is 2. The van der Waals surface area contributed by atoms with Crippen molar-refractivity contribution in [3.8, 4) is 0 Å². The number of nitrogen functional groups attached to an aromatic ring is 1. The lowest BCUT2D eigenvalue weighted by Crippen LogP contribution is -2.23. The molecule has 0 radical (unpaired) electrons. The molecule has 0 aliphatic carbocycles. The van der Waals surface area contributed by atoms with E-state index >= 15 is 0 Å². The first-order valence-electron chi connectivity index (χ1n) is 5.46. The minimum atomic E-state index is 0.582. The van der Waals surface area contributed by atoms with Crippen LogP contribution >= 0.6 is 0 Å². The molecule has 1 aliphatic rings. The second-order valence-electron chi connectivity index (χ2n) is 4.46. The van der Waals surface area contributed by atoms with Crippen molar-refractivity contribution in [2.75, 3.05) is 31.2 Å². The first-order chi connectivity index (χ1) is 7.15. The average molecular weight is 205 g/mol. The van der Waals surface area contributed by atoms with Gasteiger partial charge in [-0.05, 0) is 50.7 Å². The van der Waals surface area contributed by atoms with Crippen LogP contribution in [0.4, 0.5) is 11.4 Å². The third-order valence-electron chi connectivity index (χ3n) is 3.03. The van der Waals surface area contributed by atoms with Gasteiger partial charge in [0.25, 0.3) is 0 Å². The Kier molecular flexibility index (Phi) is 2.82. The number of likely N-dealkylation sites (tertiary alicyclic amines) is 1. The molecular weight excluding hydrogens is 186 g/mol. The molecule has 1 aromatic rings. The van der Waals surface area contributed by atoms with E-state index in [-0.39, 0.29) is 0 Å². The smallest absolute Gasteiger partial charge is 0.0400 e. The quantitative estimate of drug-likeness (QED) is 0.722. The van der Waals surface area contributed by atoms with E-state index in [1.807, 2.05) is 13.0 Å². The van der Waals surface area contributed by atoms with Gasteiger partial charge < -0.3 is 16.0 Å². The number of nitrogens with zero attached hydrogens (tertiary/aromatic N) is 1. The van der Waals surface area contributed by atoms with Crippen LogP contribution in [0.15, 0.2) is 18.2 Å². The van der Waals surface area contributed by atoms with Crippen molar-refractivity contribution in [1.82, 2.24) is 4.90 Å². The van der Waals surface area contributed by atoms with E-state index in [0.717, 1.165) is 17.8 Å². The van der Waals surface area contributed by atoms with Crippen molar-refractivity contribution in [3.05, 3.63) is 23.8 Å². The summed E-state index contributed by atoms with van der Waals surface area (Å²) in [6.45, 7) is 4.36. The normalized spacial score (nSPS) is 21.9. The maximum atomic E-state index is 5.78. The molecule has 0 bridgehead atoms. The Morgan fingerprint density at radius 2 is 2.27 bits per heavy atom. The first-order valence-corrected chi connectivity index (χ1v) is 5.46. The first kappa shape index (κ1) is 10.3. The molecule has 2 rings (SSSR count). The number of aryl methyl sites for hydroxylation is 1. The zero-order valence-corrected chi connectivity index (χ0v) is 9.46. The van der Waals surface area contributed by atoms with E-state index in [2.05, 4.69) is 29.4 Å². The monoisotopic (exact) mass is 205 g/mol. The molecule has 3 nitrogen and oxygen atoms in total. The van der Waals surface area contributed by atoms with Crippen LogP contribution in [0.25, 0.3) is 0 Å². The van der Waals surface area contributed by atoms with Crippen molar-refractivity contribution in [2.24, 2.45) is 0 Å². The fourth-order valence-corrected chi connectivity index (χ4v) is 2.05. The molecule has 1 fully saturated rings. The lowest BCUT2D eigenvalue weighted by molar-refractivity contribution is 0.414. The highest BCUT2D eigenvalue weighted by molar-refractivity contribution is 5.57. The SMILES string of the molecule is Cc1cc(NC2CCN(C)C2)ccc1N. The van der Waals surface area contributed by atoms with Crippen LogP contribution in [0.5, 0.6) is 0 Å². The fraction of sp³-hybridized carbons (Fsp3) is 0.500. The van der Waals surface area contributed by atoms with Gasteiger partial charge in [-0.2, -0.15) is 0 Å². The maximum Gasteiger partial charge on any atom is 0.0400 e. The summed E-state index contributed by atoms with van der Waals surface area (Å²) >= 11 is 0. The zero-order valence-electron chi connectivity index (χ0n) is 9.46. The van der Waals surface area contributed by atoms with Crippen LogP contribution < -0.4 is 11.1 Å². The summed E-state index contributed by atoms with van der Waals surface area (Å²) in [6, 6.07) is 6.72. The van der Waals surface area contributed by atoms with Gasteiger partial charge in [0, 0.05) is 24.0 Å². The van der Waals surface area contributed by atoms with Gasteiger partial charge in [-0.3, -0.25) is 0 Å². The van der Waals surface area contributed by atoms with Crippen molar-refractivity contribution >= 4 is 11.4 Å². The van der Waals surface area contributed by atoms with E-state index in [1.54, 1.807) is 0 Å². The lowest BCUT2D eigenvalue weighted by Gasteiger charge is -2.15. The molecule has 82 valence electrons. The minimum Gasteiger partial charge on any atom is -0.399 e. The van der Waals surface area contributed by atoms with Crippen LogP contribution in [-0.2, 0) is 0 Å². The number of benzene rings is 1. The van der Waals surface area contributed by atoms with Gasteiger partial charge in [-0.15, -0.1) is 0 Å². The van der Waals surface area contributed by atoms with Crippen LogP contribution in [0.2, 0.25) is 0 Å². The Balaban J connectivity index is 2.02. The van der Waals surface area contributed by atoms with Crippen molar-refractivity contribution in [3.63, 3.8) is 0 Å². The lowest BCUT2D eigenvalue weighted by atomic mass is 10.1. The summed E-state index contributed by atoms with van der Waals surface area (Å²) in [5.41, 5.74) is 8.97. The summed E-state index contributed by atoms with van der Waals surface area (Å²) in [6.07, 6.45) is 1.22. The molecule has 0 aromatic heterocycles. The van der Waals surface area contributed by atoms with Crippen LogP contribution in [0.1, 0.15) is 12.0 Å². The molecule has 1 aromatic carbocycles. The Morgan fingerprint density at radius 3 is 2.87 bits per heavy atom. The fourth-order valence-electron chi connectivity index (χ4n) is 2.05. The zero-order chi connectivity index (χ0) is 10.8. The van der Waals surface area contributed by atoms with Gasteiger partial charge in [-0.25, -0.2) is 0 Å². The van der Waals surface area contributed by atoms with Gasteiger partial charge in [0.15, 0.2) is 0 Å². The van der Waals surface area contributed by atoms with Gasteiger partial charge in [-0.1, -0.05) is 0 Å². The van der Waals surface area contributed by atoms with Crippen molar-refractivity contribution in [2.45, 2.75) is 19.4 Å². The molecule has 0 spiro atoms. The molecule has 1 unspecified atom stereocenters. The Labute approximate surface area is 91.3 Å². The summed E-state index contributed by atoms with van der Waals surface area (Å²) in [5, 5.41) is 3.54. The number of nitrogens with two attached hydrogens (primary N) is 1. The highest BCUT2D eigenvalue weighted by Crippen LogP contribution is 2.19. The number of likely N-dealkylation sites (N-methyl/N-ethyl adjacent to an activating group) is 1. The average Bonchev–Trinajstić information content (AvgIpc) is 2.58. The largest absolute Gasteiger partial charge is 0.399 e. The van der Waals surface area contributed by atoms with E-state index in [0.29, 0.717) is 6.04 Å². The van der Waals surface area contributed by atoms with E-state index < -0.39 is 0 Å². The molecule has 0 saturated carbocycles. The summed E-state index contributed by atoms with van der Waals surface area (Å²) < 4.78 is 0. The summed E-state index contributed by atoms with van der Waals surface area (Å²) in [5.74, 6) is 0. The van der Waals surface area contributed by atoms with Gasteiger partial charge in [0.2, 0.25) is 0 Å². The maximum absolute atomic E-state index is 5.78. The predicted molar refractivity (Wildman–Crippen MR) is 65.1 cm³/mol. The van der Waals surface area contributed by atoms with Gasteiger partial charge in [0.05, 0.1) is 0 Å². The second kappa shape index (κ2) is 4.11. The van der Waals surface area contributed by atoms with E-state index in [9.17, 15) is 0 Å². The molecule has 15 heavy (non-hydrogen) atoms. The standard InChI is InChI=1S/C12H19N3/c1-9-7-10(3-4-12(9)13)14-11-5-6-15(2)8-11/h3-4,7,11,14H,5-6,8,13H2,1-2H3. The molecule has 1 saturated heterocycles. The topological polar surface area (TPSA) is 41.3 Å². The third kappa shape index (κ3) is 2.42. The molecule has 3 N–H and O–H groups in total. The van der Waals surface area contributed by atoms with Crippen molar-refractivity contribution < 1.29 is 0 Å². The van der Waals surface area contributed by atoms with E-state index in [1.165, 1.54) is 18.7 Å². The van der Waals surface area contributed by atoms with Gasteiger partial charge in [0.1, 0.15) is 0 Å². The van der Waals surface area contributed by atoms with Crippen LogP contribution in [0, 0.1) is 6.92 Å². The second-order valence-corrected chi connectivity index (χ2v) is 4.46. The molecule has 0 amide bonds. The number of anilines is 2. The number of nitrogens with one attached hydrogen (secondary N) is 1. The summed E-state index contributed by atoms with van der Waals surface area (Å²) in [4.78, 5) is 2.35. The minimum absolute atomic E-state index is 0.582. The summed E-state index contributed by atoms with van der Waals surface area (Å²) in [7, 11) is 2.16. The molecular formula is C12H19N3. The molecule has 1 atom stereocenters. The third-order valence-corrected chi connectivity index (χ3v) is 3.03. The van der Waals surface area contributed by atoms with Gasteiger partial charge >= 0.3 is 0 Å². The number of hydrogen-bond acceptors (Lipinski definition) is 3. The number of hydrogen-bond donors (Lipinski definition) is 2. The van der Waals surface area contributed by atoms with Crippen LogP contribution in [-0.4, -0.2) is 31.1 Å². The van der Waals surface area contributed by atoms with Crippen molar-refractivity contribution in [1.29, 1.82) is 0 Å². The Hall–Kier alpha value is -1.22. The Morgan fingerprint density at radius 1 is 1.47 bits per heavy atom. The highest BCUT2D eigenvalue weighted by atomic mass is 15.2. The molecule has 1 aliphatic heterocycles.